The Morgan fingerprint density at radius 3 is 2.39 bits per heavy atom. The number of hydrogen-bond donors (Lipinski definition) is 2. The fourth-order valence-corrected chi connectivity index (χ4v) is 3.41. The molecular weight excluding hydrogens is 356 g/mol. The molecule has 1 fully saturated rings. The Kier molecular flexibility index (Phi) is 6.26. The Balaban J connectivity index is 1.82. The molecule has 1 amide bonds. The molecule has 0 atom stereocenters. The number of anilines is 3. The molecule has 3 N–H and O–H groups in total. The summed E-state index contributed by atoms with van der Waals surface area (Å²) in [6, 6.07) is 10.7. The van der Waals surface area contributed by atoms with Crippen molar-refractivity contribution >= 4 is 23.0 Å². The first-order valence-corrected chi connectivity index (χ1v) is 9.46. The van der Waals surface area contributed by atoms with Crippen molar-refractivity contribution in [3.05, 3.63) is 42.0 Å². The Morgan fingerprint density at radius 1 is 1.04 bits per heavy atom. The summed E-state index contributed by atoms with van der Waals surface area (Å²) in [5.41, 5.74) is 8.78. The number of benzene rings is 2. The first-order chi connectivity index (χ1) is 13.5. The van der Waals surface area contributed by atoms with Crippen LogP contribution in [-0.4, -0.2) is 57.8 Å². The number of likely N-dealkylation sites (N-methyl/N-ethyl adjacent to an activating group) is 1. The van der Waals surface area contributed by atoms with Gasteiger partial charge >= 0.3 is 0 Å². The Hall–Kier alpha value is -2.93. The lowest BCUT2D eigenvalue weighted by atomic mass is 10.1. The summed E-state index contributed by atoms with van der Waals surface area (Å²) in [4.78, 5) is 17.6. The van der Waals surface area contributed by atoms with Crippen LogP contribution in [0.2, 0.25) is 0 Å². The van der Waals surface area contributed by atoms with Crippen LogP contribution in [0.25, 0.3) is 0 Å². The lowest BCUT2D eigenvalue weighted by Gasteiger charge is -2.36. The topological polar surface area (TPSA) is 80.1 Å². The van der Waals surface area contributed by atoms with E-state index in [2.05, 4.69) is 22.0 Å². The van der Waals surface area contributed by atoms with Gasteiger partial charge in [-0.3, -0.25) is 4.79 Å². The normalized spacial score (nSPS) is 14.6. The minimum atomic E-state index is -0.222. The third kappa shape index (κ3) is 4.31. The van der Waals surface area contributed by atoms with Gasteiger partial charge in [-0.15, -0.1) is 0 Å². The van der Waals surface area contributed by atoms with Gasteiger partial charge in [-0.25, -0.2) is 0 Å². The van der Waals surface area contributed by atoms with Crippen LogP contribution in [0.4, 0.5) is 17.1 Å². The zero-order chi connectivity index (χ0) is 20.1. The van der Waals surface area contributed by atoms with Crippen LogP contribution in [0, 0.1) is 0 Å². The molecule has 7 heteroatoms. The highest BCUT2D eigenvalue weighted by atomic mass is 16.5. The minimum Gasteiger partial charge on any atom is -0.493 e. The molecule has 28 heavy (non-hydrogen) atoms. The molecule has 150 valence electrons. The van der Waals surface area contributed by atoms with Crippen molar-refractivity contribution in [2.75, 3.05) is 62.9 Å². The van der Waals surface area contributed by atoms with Gasteiger partial charge in [0.1, 0.15) is 0 Å². The maximum absolute atomic E-state index is 12.9. The maximum atomic E-state index is 12.9. The number of piperazine rings is 1. The molecular formula is C21H28N4O3. The molecule has 1 aliphatic rings. The maximum Gasteiger partial charge on any atom is 0.255 e. The number of hydrogen-bond acceptors (Lipinski definition) is 6. The van der Waals surface area contributed by atoms with Crippen LogP contribution in [0.3, 0.4) is 0 Å². The Bertz CT molecular complexity index is 832. The van der Waals surface area contributed by atoms with Crippen molar-refractivity contribution in [2.24, 2.45) is 0 Å². The largest absolute Gasteiger partial charge is 0.493 e. The molecule has 0 aromatic heterocycles. The molecule has 2 aromatic rings. The molecule has 0 spiro atoms. The monoisotopic (exact) mass is 384 g/mol. The van der Waals surface area contributed by atoms with Gasteiger partial charge in [-0.2, -0.15) is 0 Å². The van der Waals surface area contributed by atoms with Crippen molar-refractivity contribution in [1.82, 2.24) is 4.90 Å². The summed E-state index contributed by atoms with van der Waals surface area (Å²) >= 11 is 0. The number of ether oxygens (including phenoxy) is 2. The van der Waals surface area contributed by atoms with Crippen LogP contribution in [0.1, 0.15) is 17.3 Å². The smallest absolute Gasteiger partial charge is 0.255 e. The van der Waals surface area contributed by atoms with E-state index in [-0.39, 0.29) is 5.91 Å². The Labute approximate surface area is 166 Å². The summed E-state index contributed by atoms with van der Waals surface area (Å²) in [5, 5.41) is 3.01. The molecule has 0 radical (unpaired) electrons. The Morgan fingerprint density at radius 2 is 1.75 bits per heavy atom. The molecule has 1 aliphatic heterocycles. The van der Waals surface area contributed by atoms with E-state index in [0.29, 0.717) is 28.4 Å². The van der Waals surface area contributed by atoms with Gasteiger partial charge in [-0.05, 0) is 42.9 Å². The van der Waals surface area contributed by atoms with Crippen molar-refractivity contribution in [2.45, 2.75) is 6.92 Å². The first-order valence-electron chi connectivity index (χ1n) is 9.46. The molecule has 7 nitrogen and oxygen atoms in total. The van der Waals surface area contributed by atoms with E-state index in [4.69, 9.17) is 15.2 Å². The zero-order valence-electron chi connectivity index (χ0n) is 16.7. The number of amides is 1. The van der Waals surface area contributed by atoms with Gasteiger partial charge in [0.05, 0.1) is 25.6 Å². The number of nitrogens with two attached hydrogens (primary N) is 1. The molecule has 1 saturated heterocycles. The van der Waals surface area contributed by atoms with Crippen LogP contribution in [0.5, 0.6) is 11.5 Å². The second-order valence-electron chi connectivity index (χ2n) is 6.72. The SMILES string of the molecule is CCN1CCN(c2ccc(N)cc2NC(=O)c2ccc(OC)c(OC)c2)CC1. The van der Waals surface area contributed by atoms with E-state index in [1.807, 2.05) is 12.1 Å². The third-order valence-electron chi connectivity index (χ3n) is 5.07. The number of methoxy groups -OCH3 is 2. The second kappa shape index (κ2) is 8.84. The van der Waals surface area contributed by atoms with Gasteiger partial charge in [0, 0.05) is 37.4 Å². The van der Waals surface area contributed by atoms with E-state index in [9.17, 15) is 4.79 Å². The molecule has 0 saturated carbocycles. The molecule has 3 rings (SSSR count). The highest BCUT2D eigenvalue weighted by Crippen LogP contribution is 2.31. The number of nitrogens with zero attached hydrogens (tertiary/aromatic N) is 2. The van der Waals surface area contributed by atoms with Crippen LogP contribution >= 0.6 is 0 Å². The second-order valence-corrected chi connectivity index (χ2v) is 6.72. The summed E-state index contributed by atoms with van der Waals surface area (Å²) in [6.07, 6.45) is 0. The predicted octanol–water partition coefficient (Wildman–Crippen LogP) is 2.68. The number of carbonyl (C=O) groups is 1. The average molecular weight is 384 g/mol. The van der Waals surface area contributed by atoms with Crippen molar-refractivity contribution in [3.8, 4) is 11.5 Å². The first kappa shape index (κ1) is 19.8. The molecule has 1 heterocycles. The fraction of sp³-hybridized carbons (Fsp3) is 0.381. The highest BCUT2D eigenvalue weighted by Gasteiger charge is 2.20. The zero-order valence-corrected chi connectivity index (χ0v) is 16.7. The van der Waals surface area contributed by atoms with Crippen LogP contribution < -0.4 is 25.4 Å². The van der Waals surface area contributed by atoms with Crippen LogP contribution in [0.15, 0.2) is 36.4 Å². The van der Waals surface area contributed by atoms with Gasteiger partial charge < -0.3 is 30.3 Å². The van der Waals surface area contributed by atoms with E-state index < -0.39 is 0 Å². The van der Waals surface area contributed by atoms with Gasteiger partial charge in [0.25, 0.3) is 5.91 Å². The molecule has 2 aromatic carbocycles. The van der Waals surface area contributed by atoms with E-state index >= 15 is 0 Å². The third-order valence-corrected chi connectivity index (χ3v) is 5.07. The number of nitrogen functional groups attached to an aromatic ring is 1. The lowest BCUT2D eigenvalue weighted by Crippen LogP contribution is -2.46. The number of carbonyl (C=O) groups excluding carboxylic acids is 1. The average Bonchev–Trinajstić information content (AvgIpc) is 2.73. The quantitative estimate of drug-likeness (QED) is 0.746. The van der Waals surface area contributed by atoms with Gasteiger partial charge in [0.2, 0.25) is 0 Å². The molecule has 0 aliphatic carbocycles. The minimum absolute atomic E-state index is 0.222. The molecule has 0 bridgehead atoms. The van der Waals surface area contributed by atoms with Crippen molar-refractivity contribution < 1.29 is 14.3 Å². The van der Waals surface area contributed by atoms with Crippen molar-refractivity contribution in [1.29, 1.82) is 0 Å². The fourth-order valence-electron chi connectivity index (χ4n) is 3.41. The van der Waals surface area contributed by atoms with E-state index in [0.717, 1.165) is 38.4 Å². The summed E-state index contributed by atoms with van der Waals surface area (Å²) in [6.45, 7) is 7.06. The highest BCUT2D eigenvalue weighted by molar-refractivity contribution is 6.06. The van der Waals surface area contributed by atoms with Gasteiger partial charge in [-0.1, -0.05) is 6.92 Å². The summed E-state index contributed by atoms with van der Waals surface area (Å²) in [5.74, 6) is 0.871. The molecule has 0 unspecified atom stereocenters. The lowest BCUT2D eigenvalue weighted by molar-refractivity contribution is 0.102. The van der Waals surface area contributed by atoms with Crippen LogP contribution in [-0.2, 0) is 0 Å². The van der Waals surface area contributed by atoms with Gasteiger partial charge in [0.15, 0.2) is 11.5 Å². The summed E-state index contributed by atoms with van der Waals surface area (Å²) in [7, 11) is 3.11. The van der Waals surface area contributed by atoms with E-state index in [1.165, 1.54) is 0 Å². The standard InChI is InChI=1S/C21H28N4O3/c1-4-24-9-11-25(12-10-24)18-7-6-16(22)14-17(18)23-21(26)15-5-8-19(27-2)20(13-15)28-3/h5-8,13-14H,4,9-12,22H2,1-3H3,(H,23,26). The number of rotatable bonds is 6. The van der Waals surface area contributed by atoms with Crippen molar-refractivity contribution in [3.63, 3.8) is 0 Å². The van der Waals surface area contributed by atoms with E-state index in [1.54, 1.807) is 38.5 Å². The predicted molar refractivity (Wildman–Crippen MR) is 113 cm³/mol. The number of nitrogens with one attached hydrogen (secondary N) is 1. The summed E-state index contributed by atoms with van der Waals surface area (Å²) < 4.78 is 10.5.